The van der Waals surface area contributed by atoms with Crippen molar-refractivity contribution in [2.75, 3.05) is 27.2 Å². The topological polar surface area (TPSA) is 41.3 Å². The second-order valence-corrected chi connectivity index (χ2v) is 7.92. The quantitative estimate of drug-likeness (QED) is 0.658. The second-order valence-electron chi connectivity index (χ2n) is 7.92. The summed E-state index contributed by atoms with van der Waals surface area (Å²) in [7, 11) is 4.17. The zero-order valence-electron chi connectivity index (χ0n) is 17.5. The molecule has 4 nitrogen and oxygen atoms in total. The number of benzene rings is 1. The highest BCUT2D eigenvalue weighted by atomic mass is 16.5. The van der Waals surface area contributed by atoms with Crippen molar-refractivity contribution in [1.82, 2.24) is 15.4 Å². The summed E-state index contributed by atoms with van der Waals surface area (Å²) in [5, 5.41) is 9.07. The molecule has 1 aliphatic heterocycles. The number of fused-ring (bicyclic) bond motifs is 1. The van der Waals surface area contributed by atoms with Crippen LogP contribution in [0.5, 0.6) is 0 Å². The highest BCUT2D eigenvalue weighted by Crippen LogP contribution is 2.32. The first-order valence-electron chi connectivity index (χ1n) is 10.4. The molecule has 1 aromatic carbocycles. The summed E-state index contributed by atoms with van der Waals surface area (Å²) < 4.78 is 5.89. The van der Waals surface area contributed by atoms with Crippen LogP contribution in [0.15, 0.2) is 47.5 Å². The largest absolute Gasteiger partial charge is 0.356 e. The number of piperidine rings is 1. The zero-order chi connectivity index (χ0) is 19.9. The minimum Gasteiger partial charge on any atom is -0.356 e. The Balaban J connectivity index is 1.94. The van der Waals surface area contributed by atoms with E-state index in [9.17, 15) is 0 Å². The average molecular weight is 380 g/mol. The van der Waals surface area contributed by atoms with E-state index in [0.717, 1.165) is 59.8 Å². The van der Waals surface area contributed by atoms with Gasteiger partial charge in [0, 0.05) is 17.5 Å². The van der Waals surface area contributed by atoms with Crippen molar-refractivity contribution >= 4 is 16.5 Å². The minimum absolute atomic E-state index is 0.796. The summed E-state index contributed by atoms with van der Waals surface area (Å²) in [5.41, 5.74) is 5.45. The molecule has 0 spiro atoms. The van der Waals surface area contributed by atoms with Crippen LogP contribution in [0.1, 0.15) is 43.0 Å². The van der Waals surface area contributed by atoms with Crippen LogP contribution in [0.4, 0.5) is 0 Å². The monoisotopic (exact) mass is 379 g/mol. The summed E-state index contributed by atoms with van der Waals surface area (Å²) in [6.07, 6.45) is 12.8. The molecule has 0 unspecified atom stereocenters. The van der Waals surface area contributed by atoms with Crippen molar-refractivity contribution in [1.29, 1.82) is 0 Å². The maximum atomic E-state index is 5.89. The van der Waals surface area contributed by atoms with E-state index in [4.69, 9.17) is 4.52 Å². The fraction of sp³-hybridized carbons (Fsp3) is 0.458. The van der Waals surface area contributed by atoms with Gasteiger partial charge < -0.3 is 14.7 Å². The lowest BCUT2D eigenvalue weighted by Gasteiger charge is -2.21. The van der Waals surface area contributed by atoms with Crippen molar-refractivity contribution in [3.05, 3.63) is 59.8 Å². The second kappa shape index (κ2) is 9.85. The van der Waals surface area contributed by atoms with Gasteiger partial charge in [-0.3, -0.25) is 0 Å². The van der Waals surface area contributed by atoms with Gasteiger partial charge in [0.2, 0.25) is 0 Å². The lowest BCUT2D eigenvalue weighted by molar-refractivity contribution is 0.350. The van der Waals surface area contributed by atoms with Crippen LogP contribution in [0.3, 0.4) is 0 Å². The van der Waals surface area contributed by atoms with Crippen LogP contribution >= 0.6 is 0 Å². The van der Waals surface area contributed by atoms with Gasteiger partial charge in [0.1, 0.15) is 0 Å². The SMILES string of the molecule is C=C/C(=C\C=C/C)c1ccc2c(CCC3CCNCC3)noc2c1CN(C)C. The maximum absolute atomic E-state index is 5.89. The molecule has 1 fully saturated rings. The molecule has 0 bridgehead atoms. The van der Waals surface area contributed by atoms with Crippen LogP contribution in [0.25, 0.3) is 16.5 Å². The molecule has 0 saturated carbocycles. The van der Waals surface area contributed by atoms with Gasteiger partial charge in [0.25, 0.3) is 0 Å². The molecular formula is C24H33N3O. The number of rotatable bonds is 8. The van der Waals surface area contributed by atoms with Crippen molar-refractivity contribution in [2.45, 2.75) is 39.2 Å². The van der Waals surface area contributed by atoms with Gasteiger partial charge in [0.05, 0.1) is 5.69 Å². The Morgan fingerprint density at radius 2 is 2.11 bits per heavy atom. The van der Waals surface area contributed by atoms with Crippen LogP contribution < -0.4 is 5.32 Å². The van der Waals surface area contributed by atoms with Gasteiger partial charge in [-0.25, -0.2) is 0 Å². The van der Waals surface area contributed by atoms with E-state index in [-0.39, 0.29) is 0 Å². The predicted molar refractivity (Wildman–Crippen MR) is 118 cm³/mol. The molecular weight excluding hydrogens is 346 g/mol. The molecule has 2 aromatic rings. The van der Waals surface area contributed by atoms with E-state index in [1.54, 1.807) is 0 Å². The third-order valence-electron chi connectivity index (χ3n) is 5.54. The van der Waals surface area contributed by atoms with Gasteiger partial charge in [-0.1, -0.05) is 42.1 Å². The van der Waals surface area contributed by atoms with E-state index < -0.39 is 0 Å². The summed E-state index contributed by atoms with van der Waals surface area (Å²) in [6.45, 7) is 9.12. The van der Waals surface area contributed by atoms with Gasteiger partial charge in [-0.05, 0) is 82.9 Å². The molecule has 0 amide bonds. The fourth-order valence-electron chi connectivity index (χ4n) is 4.01. The molecule has 2 heterocycles. The van der Waals surface area contributed by atoms with Crippen molar-refractivity contribution in [3.8, 4) is 0 Å². The highest BCUT2D eigenvalue weighted by molar-refractivity contribution is 5.89. The molecule has 0 radical (unpaired) electrons. The Morgan fingerprint density at radius 3 is 2.79 bits per heavy atom. The number of aromatic nitrogens is 1. The Morgan fingerprint density at radius 1 is 1.32 bits per heavy atom. The molecule has 1 aliphatic rings. The van der Waals surface area contributed by atoms with Crippen molar-refractivity contribution in [2.24, 2.45) is 5.92 Å². The van der Waals surface area contributed by atoms with E-state index in [1.807, 2.05) is 25.2 Å². The van der Waals surface area contributed by atoms with Crippen LogP contribution in [0, 0.1) is 5.92 Å². The first-order chi connectivity index (χ1) is 13.6. The summed E-state index contributed by atoms with van der Waals surface area (Å²) >= 11 is 0. The van der Waals surface area contributed by atoms with Gasteiger partial charge in [0.15, 0.2) is 5.58 Å². The lowest BCUT2D eigenvalue weighted by Crippen LogP contribution is -2.27. The Kier molecular flexibility index (Phi) is 7.24. The lowest BCUT2D eigenvalue weighted by atomic mass is 9.91. The molecule has 1 aromatic heterocycles. The Hall–Kier alpha value is -2.17. The molecule has 150 valence electrons. The fourth-order valence-corrected chi connectivity index (χ4v) is 4.01. The van der Waals surface area contributed by atoms with Crippen molar-refractivity contribution < 1.29 is 4.52 Å². The number of hydrogen-bond donors (Lipinski definition) is 1. The maximum Gasteiger partial charge on any atom is 0.172 e. The number of allylic oxidation sites excluding steroid dienone is 5. The summed E-state index contributed by atoms with van der Waals surface area (Å²) in [6, 6.07) is 4.37. The standard InChI is InChI=1S/C24H33N3O/c1-5-7-8-19(6-2)20-10-11-21-23(12-9-18-13-15-25-16-14-18)26-28-24(21)22(20)17-27(3)4/h5-8,10-11,18,25H,2,9,12-17H2,1,3-4H3/b7-5-,19-8+. The molecule has 4 heteroatoms. The van der Waals surface area contributed by atoms with Crippen molar-refractivity contribution in [3.63, 3.8) is 0 Å². The number of nitrogens with one attached hydrogen (secondary N) is 1. The van der Waals surface area contributed by atoms with E-state index in [2.05, 4.69) is 54.3 Å². The Labute approximate surface area is 169 Å². The highest BCUT2D eigenvalue weighted by Gasteiger charge is 2.19. The third-order valence-corrected chi connectivity index (χ3v) is 5.54. The number of nitrogens with zero attached hydrogens (tertiary/aromatic N) is 2. The van der Waals surface area contributed by atoms with Crippen LogP contribution in [0.2, 0.25) is 0 Å². The third kappa shape index (κ3) is 4.81. The van der Waals surface area contributed by atoms with E-state index >= 15 is 0 Å². The van der Waals surface area contributed by atoms with Gasteiger partial charge >= 0.3 is 0 Å². The molecule has 1 saturated heterocycles. The smallest absolute Gasteiger partial charge is 0.172 e. The Bertz CT molecular complexity index is 854. The van der Waals surface area contributed by atoms with Gasteiger partial charge in [-0.15, -0.1) is 0 Å². The zero-order valence-corrected chi connectivity index (χ0v) is 17.5. The van der Waals surface area contributed by atoms with E-state index in [0.29, 0.717) is 0 Å². The van der Waals surface area contributed by atoms with Crippen LogP contribution in [-0.2, 0) is 13.0 Å². The summed E-state index contributed by atoms with van der Waals surface area (Å²) in [4.78, 5) is 2.17. The average Bonchev–Trinajstić information content (AvgIpc) is 3.12. The number of aryl methyl sites for hydroxylation is 1. The first kappa shape index (κ1) is 20.6. The van der Waals surface area contributed by atoms with Crippen LogP contribution in [-0.4, -0.2) is 37.2 Å². The number of hydrogen-bond acceptors (Lipinski definition) is 4. The molecule has 1 N–H and O–H groups in total. The molecule has 0 atom stereocenters. The first-order valence-corrected chi connectivity index (χ1v) is 10.4. The van der Waals surface area contributed by atoms with Gasteiger partial charge in [-0.2, -0.15) is 0 Å². The van der Waals surface area contributed by atoms with E-state index in [1.165, 1.54) is 24.8 Å². The molecule has 0 aliphatic carbocycles. The molecule has 3 rings (SSSR count). The summed E-state index contributed by atoms with van der Waals surface area (Å²) in [5.74, 6) is 0.796. The predicted octanol–water partition coefficient (Wildman–Crippen LogP) is 4.97. The molecule has 28 heavy (non-hydrogen) atoms. The minimum atomic E-state index is 0.796. The normalized spacial score (nSPS) is 16.5.